The van der Waals surface area contributed by atoms with Crippen LogP contribution in [0.15, 0.2) is 28.7 Å². The molecule has 0 radical (unpaired) electrons. The molecule has 1 aliphatic rings. The van der Waals surface area contributed by atoms with Crippen LogP contribution in [0.5, 0.6) is 5.75 Å². The summed E-state index contributed by atoms with van der Waals surface area (Å²) in [6.07, 6.45) is 1.79. The first kappa shape index (κ1) is 21.2. The third-order valence-electron chi connectivity index (χ3n) is 4.45. The number of hydrogen-bond acceptors (Lipinski definition) is 5. The van der Waals surface area contributed by atoms with Crippen molar-refractivity contribution in [2.75, 3.05) is 20.2 Å². The lowest BCUT2D eigenvalue weighted by Gasteiger charge is -2.34. The summed E-state index contributed by atoms with van der Waals surface area (Å²) in [5.41, 5.74) is 0. The van der Waals surface area contributed by atoms with Gasteiger partial charge >= 0.3 is 5.97 Å². The fourth-order valence-electron chi connectivity index (χ4n) is 3.00. The Balaban J connectivity index is 2.00. The van der Waals surface area contributed by atoms with Crippen LogP contribution in [-0.4, -0.2) is 55.0 Å². The number of carbonyl (C=O) groups is 3. The molecule has 0 aromatic heterocycles. The highest BCUT2D eigenvalue weighted by atomic mass is 79.9. The number of rotatable bonds is 7. The third kappa shape index (κ3) is 5.95. The Morgan fingerprint density at radius 2 is 1.96 bits per heavy atom. The molecule has 148 valence electrons. The summed E-state index contributed by atoms with van der Waals surface area (Å²) in [6.45, 7) is 2.33. The van der Waals surface area contributed by atoms with Gasteiger partial charge in [-0.05, 0) is 43.5 Å². The predicted molar refractivity (Wildman–Crippen MR) is 103 cm³/mol. The molecule has 1 N–H and O–H groups in total. The van der Waals surface area contributed by atoms with E-state index < -0.39 is 18.1 Å². The maximum atomic E-state index is 12.6. The quantitative estimate of drug-likeness (QED) is 0.657. The molecule has 0 bridgehead atoms. The molecular weight excluding hydrogens is 416 g/mol. The van der Waals surface area contributed by atoms with Crippen molar-refractivity contribution in [3.05, 3.63) is 28.7 Å². The molecule has 8 heteroatoms. The topological polar surface area (TPSA) is 84.9 Å². The molecule has 0 saturated carbocycles. The maximum Gasteiger partial charge on any atom is 0.348 e. The highest BCUT2D eigenvalue weighted by Gasteiger charge is 2.32. The minimum Gasteiger partial charge on any atom is -0.477 e. The van der Waals surface area contributed by atoms with Gasteiger partial charge < -0.3 is 19.7 Å². The molecule has 1 heterocycles. The number of piperidine rings is 1. The summed E-state index contributed by atoms with van der Waals surface area (Å²) in [7, 11) is 1.27. The molecule has 1 fully saturated rings. The molecule has 1 aromatic carbocycles. The van der Waals surface area contributed by atoms with E-state index in [0.717, 1.165) is 17.3 Å². The molecule has 27 heavy (non-hydrogen) atoms. The van der Waals surface area contributed by atoms with E-state index in [1.165, 1.54) is 7.11 Å². The number of halogens is 1. The Labute approximate surface area is 167 Å². The predicted octanol–water partition coefficient (Wildman–Crippen LogP) is 2.28. The lowest BCUT2D eigenvalue weighted by atomic mass is 10.0. The van der Waals surface area contributed by atoms with Gasteiger partial charge in [-0.3, -0.25) is 9.59 Å². The van der Waals surface area contributed by atoms with Crippen LogP contribution in [0, 0.1) is 0 Å². The number of esters is 1. The highest BCUT2D eigenvalue weighted by molar-refractivity contribution is 9.10. The van der Waals surface area contributed by atoms with E-state index in [0.29, 0.717) is 25.1 Å². The summed E-state index contributed by atoms with van der Waals surface area (Å²) in [5, 5.41) is 2.74. The summed E-state index contributed by atoms with van der Waals surface area (Å²) in [6, 6.07) is 6.50. The molecule has 1 aromatic rings. The SMILES string of the molecule is CCC(=O)N1CCCC[C@@H]1C(=O)NC[C@H](Oc1ccc(Br)cc1)C(=O)OC. The summed E-state index contributed by atoms with van der Waals surface area (Å²) >= 11 is 3.33. The zero-order valence-electron chi connectivity index (χ0n) is 15.6. The Morgan fingerprint density at radius 3 is 2.59 bits per heavy atom. The summed E-state index contributed by atoms with van der Waals surface area (Å²) < 4.78 is 11.3. The fourth-order valence-corrected chi connectivity index (χ4v) is 3.26. The minimum atomic E-state index is -0.973. The van der Waals surface area contributed by atoms with Gasteiger partial charge in [0.25, 0.3) is 0 Å². The molecule has 2 amide bonds. The van der Waals surface area contributed by atoms with Crippen molar-refractivity contribution < 1.29 is 23.9 Å². The van der Waals surface area contributed by atoms with Crippen LogP contribution in [0.3, 0.4) is 0 Å². The van der Waals surface area contributed by atoms with Crippen molar-refractivity contribution >= 4 is 33.7 Å². The largest absolute Gasteiger partial charge is 0.477 e. The van der Waals surface area contributed by atoms with Gasteiger partial charge in [0.15, 0.2) is 0 Å². The first-order valence-corrected chi connectivity index (χ1v) is 9.82. The van der Waals surface area contributed by atoms with Crippen molar-refractivity contribution in [2.24, 2.45) is 0 Å². The normalized spacial score (nSPS) is 17.7. The van der Waals surface area contributed by atoms with E-state index in [1.54, 1.807) is 36.1 Å². The standard InChI is InChI=1S/C19H25BrN2O5/c1-3-17(23)22-11-5-4-6-15(22)18(24)21-12-16(19(25)26-2)27-14-9-7-13(20)8-10-14/h7-10,15-16H,3-6,11-12H2,1-2H3,(H,21,24)/t15-,16+/m1/s1. The second-order valence-corrected chi connectivity index (χ2v) is 7.20. The second kappa shape index (κ2) is 10.3. The van der Waals surface area contributed by atoms with Crippen LogP contribution in [0.25, 0.3) is 0 Å². The second-order valence-electron chi connectivity index (χ2n) is 6.28. The Morgan fingerprint density at radius 1 is 1.26 bits per heavy atom. The average molecular weight is 441 g/mol. The van der Waals surface area contributed by atoms with Gasteiger partial charge in [0.05, 0.1) is 13.7 Å². The highest BCUT2D eigenvalue weighted by Crippen LogP contribution is 2.19. The maximum absolute atomic E-state index is 12.6. The molecule has 7 nitrogen and oxygen atoms in total. The minimum absolute atomic E-state index is 0.0355. The van der Waals surface area contributed by atoms with Gasteiger partial charge in [-0.1, -0.05) is 22.9 Å². The number of nitrogens with one attached hydrogen (secondary N) is 1. The van der Waals surface area contributed by atoms with Crippen molar-refractivity contribution in [1.82, 2.24) is 10.2 Å². The van der Waals surface area contributed by atoms with Gasteiger partial charge in [0.2, 0.25) is 17.9 Å². The van der Waals surface area contributed by atoms with Crippen molar-refractivity contribution in [1.29, 1.82) is 0 Å². The zero-order chi connectivity index (χ0) is 19.8. The van der Waals surface area contributed by atoms with E-state index >= 15 is 0 Å². The smallest absolute Gasteiger partial charge is 0.348 e. The lowest BCUT2D eigenvalue weighted by molar-refractivity contribution is -0.149. The van der Waals surface area contributed by atoms with Crippen molar-refractivity contribution in [3.63, 3.8) is 0 Å². The molecule has 1 saturated heterocycles. The average Bonchev–Trinajstić information content (AvgIpc) is 2.71. The van der Waals surface area contributed by atoms with Crippen molar-refractivity contribution in [3.8, 4) is 5.75 Å². The van der Waals surface area contributed by atoms with Crippen molar-refractivity contribution in [2.45, 2.75) is 44.8 Å². The lowest BCUT2D eigenvalue weighted by Crippen LogP contribution is -2.53. The first-order chi connectivity index (χ1) is 13.0. The van der Waals surface area contributed by atoms with E-state index in [1.807, 2.05) is 0 Å². The van der Waals surface area contributed by atoms with Gasteiger partial charge in [-0.2, -0.15) is 0 Å². The van der Waals surface area contributed by atoms with Gasteiger partial charge in [0.1, 0.15) is 11.8 Å². The number of methoxy groups -OCH3 is 1. The monoisotopic (exact) mass is 440 g/mol. The van der Waals surface area contributed by atoms with E-state index in [4.69, 9.17) is 9.47 Å². The number of hydrogen-bond donors (Lipinski definition) is 1. The van der Waals surface area contributed by atoms with Crippen LogP contribution in [0.1, 0.15) is 32.6 Å². The van der Waals surface area contributed by atoms with Gasteiger partial charge in [-0.15, -0.1) is 0 Å². The fraction of sp³-hybridized carbons (Fsp3) is 0.526. The van der Waals surface area contributed by atoms with Crippen LogP contribution in [0.2, 0.25) is 0 Å². The summed E-state index contributed by atoms with van der Waals surface area (Å²) in [5.74, 6) is -0.401. The Kier molecular flexibility index (Phi) is 8.09. The van der Waals surface area contributed by atoms with E-state index in [-0.39, 0.29) is 18.4 Å². The van der Waals surface area contributed by atoms with E-state index in [9.17, 15) is 14.4 Å². The summed E-state index contributed by atoms with van der Waals surface area (Å²) in [4.78, 5) is 38.4. The molecule has 2 atom stereocenters. The van der Waals surface area contributed by atoms with Crippen LogP contribution >= 0.6 is 15.9 Å². The van der Waals surface area contributed by atoms with Gasteiger partial charge in [0, 0.05) is 17.4 Å². The number of amides is 2. The first-order valence-electron chi connectivity index (χ1n) is 9.03. The number of ether oxygens (including phenoxy) is 2. The van der Waals surface area contributed by atoms with Crippen LogP contribution in [-0.2, 0) is 19.1 Å². The van der Waals surface area contributed by atoms with E-state index in [2.05, 4.69) is 21.2 Å². The molecule has 0 unspecified atom stereocenters. The molecule has 0 aliphatic carbocycles. The molecule has 2 rings (SSSR count). The zero-order valence-corrected chi connectivity index (χ0v) is 17.2. The molecular formula is C19H25BrN2O5. The number of nitrogens with zero attached hydrogens (tertiary/aromatic N) is 1. The van der Waals surface area contributed by atoms with Crippen LogP contribution < -0.4 is 10.1 Å². The number of benzene rings is 1. The number of likely N-dealkylation sites (tertiary alicyclic amines) is 1. The molecule has 0 spiro atoms. The number of carbonyl (C=O) groups excluding carboxylic acids is 3. The molecule has 1 aliphatic heterocycles. The van der Waals surface area contributed by atoms with Crippen LogP contribution in [0.4, 0.5) is 0 Å². The van der Waals surface area contributed by atoms with Gasteiger partial charge in [-0.25, -0.2) is 4.79 Å². The Hall–Kier alpha value is -2.09. The Bertz CT molecular complexity index is 665. The third-order valence-corrected chi connectivity index (χ3v) is 4.97.